The summed E-state index contributed by atoms with van der Waals surface area (Å²) in [6, 6.07) is 17.0. The first-order valence-electron chi connectivity index (χ1n) is 13.2. The number of carbonyl (C=O) groups is 2. The van der Waals surface area contributed by atoms with Crippen LogP contribution in [0.15, 0.2) is 70.5 Å². The Labute approximate surface area is 225 Å². The maximum absolute atomic E-state index is 13.9. The van der Waals surface area contributed by atoms with Crippen LogP contribution in [0.5, 0.6) is 0 Å². The van der Waals surface area contributed by atoms with Crippen molar-refractivity contribution < 1.29 is 18.0 Å². The molecule has 0 bridgehead atoms. The van der Waals surface area contributed by atoms with E-state index in [1.54, 1.807) is 30.3 Å². The standard InChI is InChI=1S/C31H34N2O4S/c1-19-12-13-21(3)24(16-19)18-33-27-17-23(30(34)32-26-10-7-8-20(2)22(26)4)14-15-29(27)38(36,37)28-11-6-5-9-25(28)31(33)35/h5-6,9,11-17,20,22,26H,7-8,10,18H2,1-4H3,(H,32,34). The summed E-state index contributed by atoms with van der Waals surface area (Å²) < 4.78 is 27.6. The molecule has 2 amide bonds. The van der Waals surface area contributed by atoms with Crippen LogP contribution in [0.4, 0.5) is 5.69 Å². The zero-order chi connectivity index (χ0) is 27.2. The zero-order valence-electron chi connectivity index (χ0n) is 22.3. The van der Waals surface area contributed by atoms with Crippen molar-refractivity contribution in [1.29, 1.82) is 0 Å². The minimum absolute atomic E-state index is 0.0167. The number of carbonyl (C=O) groups excluding carboxylic acids is 2. The molecule has 1 aliphatic carbocycles. The molecular weight excluding hydrogens is 496 g/mol. The van der Waals surface area contributed by atoms with E-state index in [-0.39, 0.29) is 39.5 Å². The average Bonchev–Trinajstić information content (AvgIpc) is 2.96. The Morgan fingerprint density at radius 3 is 2.53 bits per heavy atom. The van der Waals surface area contributed by atoms with Gasteiger partial charge < -0.3 is 10.2 Å². The molecule has 1 fully saturated rings. The number of sulfone groups is 1. The van der Waals surface area contributed by atoms with E-state index in [9.17, 15) is 18.0 Å². The largest absolute Gasteiger partial charge is 0.349 e. The first-order chi connectivity index (χ1) is 18.1. The normalized spacial score (nSPS) is 22.3. The summed E-state index contributed by atoms with van der Waals surface area (Å²) in [4.78, 5) is 28.8. The van der Waals surface area contributed by atoms with E-state index in [1.165, 1.54) is 17.0 Å². The fourth-order valence-electron chi connectivity index (χ4n) is 5.68. The number of nitrogens with zero attached hydrogens (tertiary/aromatic N) is 1. The molecule has 0 radical (unpaired) electrons. The highest BCUT2D eigenvalue weighted by molar-refractivity contribution is 7.91. The van der Waals surface area contributed by atoms with Crippen LogP contribution in [0.3, 0.4) is 0 Å². The molecule has 0 saturated heterocycles. The van der Waals surface area contributed by atoms with Crippen molar-refractivity contribution in [2.75, 3.05) is 4.90 Å². The first kappa shape index (κ1) is 26.2. The number of amides is 2. The van der Waals surface area contributed by atoms with Gasteiger partial charge in [0.15, 0.2) is 0 Å². The minimum Gasteiger partial charge on any atom is -0.349 e. The number of aryl methyl sites for hydroxylation is 2. The van der Waals surface area contributed by atoms with E-state index in [0.29, 0.717) is 17.4 Å². The summed E-state index contributed by atoms with van der Waals surface area (Å²) in [6.07, 6.45) is 3.14. The summed E-state index contributed by atoms with van der Waals surface area (Å²) in [7, 11) is -3.99. The number of fused-ring (bicyclic) bond motifs is 2. The van der Waals surface area contributed by atoms with Crippen LogP contribution >= 0.6 is 0 Å². The lowest BCUT2D eigenvalue weighted by atomic mass is 9.78. The molecule has 1 saturated carbocycles. The smallest absolute Gasteiger partial charge is 0.259 e. The fraction of sp³-hybridized carbons (Fsp3) is 0.355. The van der Waals surface area contributed by atoms with Crippen molar-refractivity contribution in [3.8, 4) is 0 Å². The highest BCUT2D eigenvalue weighted by atomic mass is 32.2. The number of hydrogen-bond acceptors (Lipinski definition) is 4. The Balaban J connectivity index is 1.61. The van der Waals surface area contributed by atoms with Gasteiger partial charge in [0.1, 0.15) is 0 Å². The molecule has 3 unspecified atom stereocenters. The third kappa shape index (κ3) is 4.64. The van der Waals surface area contributed by atoms with Gasteiger partial charge in [-0.15, -0.1) is 0 Å². The van der Waals surface area contributed by atoms with E-state index in [0.717, 1.165) is 36.0 Å². The molecule has 5 rings (SSSR count). The number of hydrogen-bond donors (Lipinski definition) is 1. The second-order valence-electron chi connectivity index (χ2n) is 10.9. The predicted octanol–water partition coefficient (Wildman–Crippen LogP) is 5.85. The maximum Gasteiger partial charge on any atom is 0.259 e. The van der Waals surface area contributed by atoms with Crippen molar-refractivity contribution >= 4 is 27.3 Å². The van der Waals surface area contributed by atoms with Crippen molar-refractivity contribution in [2.45, 2.75) is 69.3 Å². The minimum atomic E-state index is -3.99. The lowest BCUT2D eigenvalue weighted by Crippen LogP contribution is -2.43. The SMILES string of the molecule is Cc1ccc(C)c(CN2C(=O)c3ccccc3S(=O)(=O)c3ccc(C(=O)NC4CCCC(C)C4C)cc32)c1. The van der Waals surface area contributed by atoms with Crippen molar-refractivity contribution in [1.82, 2.24) is 5.32 Å². The summed E-state index contributed by atoms with van der Waals surface area (Å²) in [5.74, 6) is 0.217. The van der Waals surface area contributed by atoms with Gasteiger partial charge in [0.25, 0.3) is 11.8 Å². The molecule has 6 nitrogen and oxygen atoms in total. The van der Waals surface area contributed by atoms with Gasteiger partial charge in [-0.3, -0.25) is 9.59 Å². The Bertz CT molecular complexity index is 1530. The molecule has 1 N–H and O–H groups in total. The van der Waals surface area contributed by atoms with Crippen LogP contribution in [0.2, 0.25) is 0 Å². The first-order valence-corrected chi connectivity index (χ1v) is 14.7. The van der Waals surface area contributed by atoms with Gasteiger partial charge in [0, 0.05) is 11.6 Å². The molecule has 0 spiro atoms. The summed E-state index contributed by atoms with van der Waals surface area (Å²) >= 11 is 0. The van der Waals surface area contributed by atoms with Crippen LogP contribution in [-0.2, 0) is 16.4 Å². The number of anilines is 1. The van der Waals surface area contributed by atoms with Gasteiger partial charge in [0.05, 0.1) is 27.6 Å². The van der Waals surface area contributed by atoms with Crippen LogP contribution in [0.25, 0.3) is 0 Å². The highest BCUT2D eigenvalue weighted by Gasteiger charge is 2.36. The number of nitrogens with one attached hydrogen (secondary N) is 1. The predicted molar refractivity (Wildman–Crippen MR) is 148 cm³/mol. The van der Waals surface area contributed by atoms with E-state index in [4.69, 9.17) is 0 Å². The summed E-state index contributed by atoms with van der Waals surface area (Å²) in [5, 5.41) is 3.18. The van der Waals surface area contributed by atoms with Gasteiger partial charge in [-0.1, -0.05) is 62.6 Å². The fourth-order valence-corrected chi connectivity index (χ4v) is 7.31. The van der Waals surface area contributed by atoms with E-state index in [1.807, 2.05) is 32.0 Å². The van der Waals surface area contributed by atoms with Crippen molar-refractivity contribution in [3.05, 3.63) is 88.5 Å². The molecule has 198 valence electrons. The molecule has 7 heteroatoms. The number of rotatable bonds is 4. The van der Waals surface area contributed by atoms with Crippen LogP contribution in [-0.4, -0.2) is 26.3 Å². The molecule has 3 atom stereocenters. The monoisotopic (exact) mass is 530 g/mol. The highest BCUT2D eigenvalue weighted by Crippen LogP contribution is 2.38. The van der Waals surface area contributed by atoms with E-state index >= 15 is 0 Å². The second kappa shape index (κ2) is 10.0. The second-order valence-corrected chi connectivity index (χ2v) is 12.7. The Hall–Kier alpha value is -3.45. The Morgan fingerprint density at radius 2 is 1.74 bits per heavy atom. The van der Waals surface area contributed by atoms with Crippen LogP contribution < -0.4 is 10.2 Å². The Morgan fingerprint density at radius 1 is 0.974 bits per heavy atom. The molecule has 2 aliphatic rings. The Kier molecular flexibility index (Phi) is 6.90. The van der Waals surface area contributed by atoms with Crippen molar-refractivity contribution in [3.63, 3.8) is 0 Å². The van der Waals surface area contributed by atoms with Gasteiger partial charge in [-0.25, -0.2) is 8.42 Å². The van der Waals surface area contributed by atoms with E-state index in [2.05, 4.69) is 19.2 Å². The van der Waals surface area contributed by atoms with Crippen LogP contribution in [0.1, 0.15) is 70.5 Å². The molecule has 0 aromatic heterocycles. The topological polar surface area (TPSA) is 83.6 Å². The quantitative estimate of drug-likeness (QED) is 0.459. The molecule has 3 aromatic carbocycles. The molecule has 3 aromatic rings. The molecule has 38 heavy (non-hydrogen) atoms. The van der Waals surface area contributed by atoms with E-state index < -0.39 is 15.7 Å². The summed E-state index contributed by atoms with van der Waals surface area (Å²) in [5.41, 5.74) is 3.66. The molecule has 1 heterocycles. The van der Waals surface area contributed by atoms with Crippen LogP contribution in [0, 0.1) is 25.7 Å². The third-order valence-electron chi connectivity index (χ3n) is 8.31. The third-order valence-corrected chi connectivity index (χ3v) is 10.2. The van der Waals surface area contributed by atoms with Crippen molar-refractivity contribution in [2.24, 2.45) is 11.8 Å². The van der Waals surface area contributed by atoms with Gasteiger partial charge in [-0.05, 0) is 73.6 Å². The van der Waals surface area contributed by atoms with Gasteiger partial charge in [-0.2, -0.15) is 0 Å². The lowest BCUT2D eigenvalue weighted by molar-refractivity contribution is 0.0889. The maximum atomic E-state index is 13.9. The average molecular weight is 531 g/mol. The molecule has 1 aliphatic heterocycles. The molecular formula is C31H34N2O4S. The lowest BCUT2D eigenvalue weighted by Gasteiger charge is -2.34. The zero-order valence-corrected chi connectivity index (χ0v) is 23.1. The van der Waals surface area contributed by atoms with Gasteiger partial charge in [0.2, 0.25) is 9.84 Å². The van der Waals surface area contributed by atoms with Gasteiger partial charge >= 0.3 is 0 Å². The number of benzene rings is 3. The summed E-state index contributed by atoms with van der Waals surface area (Å²) in [6.45, 7) is 8.52.